The molecule has 1 aliphatic carbocycles. The quantitative estimate of drug-likeness (QED) is 0.694. The molecule has 0 aromatic heterocycles. The van der Waals surface area contributed by atoms with E-state index in [1.54, 1.807) is 0 Å². The van der Waals surface area contributed by atoms with Crippen LogP contribution in [-0.2, 0) is 4.57 Å². The molecule has 1 atom stereocenters. The van der Waals surface area contributed by atoms with Crippen molar-refractivity contribution in [2.75, 3.05) is 6.16 Å². The van der Waals surface area contributed by atoms with Crippen molar-refractivity contribution in [1.29, 1.82) is 0 Å². The van der Waals surface area contributed by atoms with Crippen LogP contribution in [0.25, 0.3) is 0 Å². The Kier molecular flexibility index (Phi) is 3.79. The van der Waals surface area contributed by atoms with Gasteiger partial charge in [-0.2, -0.15) is 0 Å². The number of hydrogen-bond donors (Lipinski definition) is 1. The highest BCUT2D eigenvalue weighted by atomic mass is 31.2. The van der Waals surface area contributed by atoms with E-state index in [1.807, 2.05) is 6.92 Å². The minimum Gasteiger partial charge on any atom is -0.344 e. The summed E-state index contributed by atoms with van der Waals surface area (Å²) >= 11 is 0. The minimum atomic E-state index is -2.77. The first-order valence-corrected chi connectivity index (χ1v) is 6.89. The van der Waals surface area contributed by atoms with Crippen LogP contribution in [0.4, 0.5) is 0 Å². The van der Waals surface area contributed by atoms with E-state index in [1.165, 1.54) is 6.42 Å². The van der Waals surface area contributed by atoms with Gasteiger partial charge in [-0.15, -0.1) is 0 Å². The summed E-state index contributed by atoms with van der Waals surface area (Å²) in [5.41, 5.74) is 0.131. The van der Waals surface area contributed by atoms with Crippen LogP contribution in [0.15, 0.2) is 0 Å². The van der Waals surface area contributed by atoms with Crippen molar-refractivity contribution in [3.05, 3.63) is 0 Å². The van der Waals surface area contributed by atoms with E-state index in [2.05, 4.69) is 0 Å². The van der Waals surface area contributed by atoms with Gasteiger partial charge < -0.3 is 4.89 Å². The molecule has 0 saturated heterocycles. The van der Waals surface area contributed by atoms with Gasteiger partial charge in [0.25, 0.3) is 0 Å². The first-order chi connectivity index (χ1) is 5.67. The maximum Gasteiger partial charge on any atom is 0.203 e. The molecule has 0 aromatic rings. The molecule has 2 nitrogen and oxygen atoms in total. The summed E-state index contributed by atoms with van der Waals surface area (Å²) in [4.78, 5) is 9.69. The lowest BCUT2D eigenvalue weighted by Crippen LogP contribution is -2.14. The molecule has 0 bridgehead atoms. The van der Waals surface area contributed by atoms with Gasteiger partial charge in [0.1, 0.15) is 0 Å². The van der Waals surface area contributed by atoms with E-state index in [-0.39, 0.29) is 5.66 Å². The third-order valence-corrected chi connectivity index (χ3v) is 5.43. The van der Waals surface area contributed by atoms with Crippen molar-refractivity contribution in [2.45, 2.75) is 51.1 Å². The Morgan fingerprint density at radius 1 is 1.33 bits per heavy atom. The van der Waals surface area contributed by atoms with Crippen molar-refractivity contribution in [3.63, 3.8) is 0 Å². The number of rotatable bonds is 3. The van der Waals surface area contributed by atoms with Gasteiger partial charge >= 0.3 is 0 Å². The summed E-state index contributed by atoms with van der Waals surface area (Å²) in [5, 5.41) is 0. The Morgan fingerprint density at radius 2 is 1.92 bits per heavy atom. The van der Waals surface area contributed by atoms with Gasteiger partial charge in [-0.3, -0.25) is 4.57 Å². The highest BCUT2D eigenvalue weighted by Crippen LogP contribution is 2.52. The summed E-state index contributed by atoms with van der Waals surface area (Å²) in [5.74, 6) is 0. The Bertz CT molecular complexity index is 173. The average molecular weight is 190 g/mol. The predicted molar refractivity (Wildman–Crippen MR) is 51.9 cm³/mol. The third-order valence-electron chi connectivity index (χ3n) is 2.69. The summed E-state index contributed by atoms with van der Waals surface area (Å²) in [6, 6.07) is 0. The zero-order chi connectivity index (χ0) is 9.03. The Morgan fingerprint density at radius 3 is 2.42 bits per heavy atom. The van der Waals surface area contributed by atoms with Crippen LogP contribution in [-0.4, -0.2) is 16.7 Å². The second-order valence-corrected chi connectivity index (χ2v) is 6.46. The monoisotopic (exact) mass is 190 g/mol. The molecule has 3 heteroatoms. The van der Waals surface area contributed by atoms with Gasteiger partial charge in [-0.1, -0.05) is 26.2 Å². The molecule has 1 N–H and O–H groups in total. The van der Waals surface area contributed by atoms with Crippen molar-refractivity contribution in [2.24, 2.45) is 0 Å². The normalized spacial score (nSPS) is 25.2. The van der Waals surface area contributed by atoms with Gasteiger partial charge in [0.2, 0.25) is 7.37 Å². The zero-order valence-electron chi connectivity index (χ0n) is 7.83. The molecular weight excluding hydrogens is 171 g/mol. The molecule has 1 rings (SSSR count). The standard InChI is InChI=1S/C9H19O2P/c1-2-8-12(10,11)9-6-4-3-5-7-9/h9H,2-8H2,1H3,(H,10,11). The fourth-order valence-corrected chi connectivity index (χ4v) is 4.17. The van der Waals surface area contributed by atoms with Crippen molar-refractivity contribution < 1.29 is 9.46 Å². The first-order valence-electron chi connectivity index (χ1n) is 4.98. The largest absolute Gasteiger partial charge is 0.344 e. The zero-order valence-corrected chi connectivity index (χ0v) is 8.72. The van der Waals surface area contributed by atoms with E-state index >= 15 is 0 Å². The predicted octanol–water partition coefficient (Wildman–Crippen LogP) is 3.00. The molecular formula is C9H19O2P. The van der Waals surface area contributed by atoms with Crippen molar-refractivity contribution >= 4 is 7.37 Å². The second-order valence-electron chi connectivity index (χ2n) is 3.77. The summed E-state index contributed by atoms with van der Waals surface area (Å²) in [7, 11) is -2.77. The van der Waals surface area contributed by atoms with E-state index < -0.39 is 7.37 Å². The molecule has 0 heterocycles. The van der Waals surface area contributed by atoms with Gasteiger partial charge in [-0.05, 0) is 19.3 Å². The van der Waals surface area contributed by atoms with Crippen LogP contribution in [0.5, 0.6) is 0 Å². The first kappa shape index (κ1) is 10.3. The van der Waals surface area contributed by atoms with Crippen LogP contribution >= 0.6 is 7.37 Å². The molecule has 72 valence electrons. The molecule has 1 aliphatic rings. The highest BCUT2D eigenvalue weighted by molar-refractivity contribution is 7.58. The maximum atomic E-state index is 11.7. The van der Waals surface area contributed by atoms with Crippen LogP contribution in [0.3, 0.4) is 0 Å². The molecule has 0 amide bonds. The molecule has 0 radical (unpaired) electrons. The molecule has 1 unspecified atom stereocenters. The Labute approximate surface area is 74.8 Å². The van der Waals surface area contributed by atoms with E-state index in [0.717, 1.165) is 32.1 Å². The van der Waals surface area contributed by atoms with Crippen molar-refractivity contribution in [1.82, 2.24) is 0 Å². The average Bonchev–Trinajstić information content (AvgIpc) is 2.06. The number of hydrogen-bond acceptors (Lipinski definition) is 1. The molecule has 12 heavy (non-hydrogen) atoms. The molecule has 1 saturated carbocycles. The van der Waals surface area contributed by atoms with Crippen LogP contribution < -0.4 is 0 Å². The lowest BCUT2D eigenvalue weighted by molar-refractivity contribution is 0.421. The van der Waals surface area contributed by atoms with E-state index in [4.69, 9.17) is 0 Å². The summed E-state index contributed by atoms with van der Waals surface area (Å²) < 4.78 is 11.7. The fraction of sp³-hybridized carbons (Fsp3) is 1.00. The SMILES string of the molecule is CCCP(=O)(O)C1CCCCC1. The van der Waals surface area contributed by atoms with Crippen LogP contribution in [0.1, 0.15) is 45.4 Å². The molecule has 0 spiro atoms. The third kappa shape index (κ3) is 2.60. The van der Waals surface area contributed by atoms with Gasteiger partial charge in [0.05, 0.1) is 0 Å². The summed E-state index contributed by atoms with van der Waals surface area (Å²) in [6.45, 7) is 1.98. The van der Waals surface area contributed by atoms with Crippen LogP contribution in [0, 0.1) is 0 Å². The Hall–Kier alpha value is 0.190. The smallest absolute Gasteiger partial charge is 0.203 e. The second kappa shape index (κ2) is 4.43. The minimum absolute atomic E-state index is 0.131. The lowest BCUT2D eigenvalue weighted by Gasteiger charge is -2.26. The summed E-state index contributed by atoms with van der Waals surface area (Å²) in [6.07, 6.45) is 6.88. The highest BCUT2D eigenvalue weighted by Gasteiger charge is 2.30. The van der Waals surface area contributed by atoms with Crippen molar-refractivity contribution in [3.8, 4) is 0 Å². The van der Waals surface area contributed by atoms with Gasteiger partial charge in [-0.25, -0.2) is 0 Å². The van der Waals surface area contributed by atoms with Crippen LogP contribution in [0.2, 0.25) is 0 Å². The van der Waals surface area contributed by atoms with E-state index in [9.17, 15) is 9.46 Å². The molecule has 0 aliphatic heterocycles. The maximum absolute atomic E-state index is 11.7. The molecule has 0 aromatic carbocycles. The lowest BCUT2D eigenvalue weighted by atomic mass is 10.0. The van der Waals surface area contributed by atoms with E-state index in [0.29, 0.717) is 6.16 Å². The fourth-order valence-electron chi connectivity index (χ4n) is 1.99. The van der Waals surface area contributed by atoms with Gasteiger partial charge in [0.15, 0.2) is 0 Å². The van der Waals surface area contributed by atoms with Gasteiger partial charge in [0, 0.05) is 11.8 Å². The topological polar surface area (TPSA) is 37.3 Å². The Balaban J connectivity index is 2.48. The molecule has 1 fully saturated rings.